The number of aryl methyl sites for hydroxylation is 2. The molecule has 0 unspecified atom stereocenters. The van der Waals surface area contributed by atoms with E-state index in [0.717, 1.165) is 28.3 Å². The number of methoxy groups -OCH3 is 1. The Hall–Kier alpha value is -2.29. The highest BCUT2D eigenvalue weighted by Gasteiger charge is 1.99. The van der Waals surface area contributed by atoms with E-state index in [1.54, 1.807) is 7.11 Å². The van der Waals surface area contributed by atoms with Crippen molar-refractivity contribution in [2.45, 2.75) is 13.8 Å². The molecule has 0 N–H and O–H groups in total. The topological polar surface area (TPSA) is 27.1 Å². The Balaban J connectivity index is 2.14. The molecule has 3 heteroatoms. The number of rotatable bonds is 4. The molecule has 2 rings (SSSR count). The van der Waals surface area contributed by atoms with E-state index in [9.17, 15) is 0 Å². The second-order valence-corrected chi connectivity index (χ2v) is 4.44. The van der Waals surface area contributed by atoms with Crippen LogP contribution in [-0.2, 0) is 0 Å². The Labute approximate surface area is 113 Å². The lowest BCUT2D eigenvalue weighted by molar-refractivity contribution is 0.415. The second-order valence-electron chi connectivity index (χ2n) is 4.44. The van der Waals surface area contributed by atoms with Gasteiger partial charge in [-0.2, -0.15) is 5.10 Å². The number of allylic oxidation sites excluding steroid dienone is 2. The van der Waals surface area contributed by atoms with Crippen LogP contribution < -0.4 is 4.74 Å². The van der Waals surface area contributed by atoms with Gasteiger partial charge < -0.3 is 4.74 Å². The molecule has 2 aromatic rings. The standard InChI is InChI=1S/C16H18N2O/c1-12(15-5-7-16(19-4)8-6-15)9-10-18-14(3)11-13(2)17-18/h5-11H,1H2,2-4H3/b10-9-. The van der Waals surface area contributed by atoms with Gasteiger partial charge in [-0.3, -0.25) is 0 Å². The smallest absolute Gasteiger partial charge is 0.118 e. The summed E-state index contributed by atoms with van der Waals surface area (Å²) in [6.45, 7) is 8.07. The van der Waals surface area contributed by atoms with E-state index in [4.69, 9.17) is 4.74 Å². The molecule has 0 spiro atoms. The van der Waals surface area contributed by atoms with Gasteiger partial charge in [-0.05, 0) is 49.3 Å². The van der Waals surface area contributed by atoms with Crippen LogP contribution in [0.15, 0.2) is 43.0 Å². The monoisotopic (exact) mass is 254 g/mol. The Kier molecular flexibility index (Phi) is 3.85. The summed E-state index contributed by atoms with van der Waals surface area (Å²) in [5, 5.41) is 4.37. The molecule has 98 valence electrons. The zero-order valence-electron chi connectivity index (χ0n) is 11.6. The normalized spacial score (nSPS) is 10.9. The molecule has 0 bridgehead atoms. The van der Waals surface area contributed by atoms with Crippen LogP contribution in [0, 0.1) is 13.8 Å². The van der Waals surface area contributed by atoms with Crippen molar-refractivity contribution in [1.29, 1.82) is 0 Å². The number of ether oxygens (including phenoxy) is 1. The minimum atomic E-state index is 0.846. The van der Waals surface area contributed by atoms with Gasteiger partial charge >= 0.3 is 0 Å². The average molecular weight is 254 g/mol. The first-order chi connectivity index (χ1) is 9.10. The number of benzene rings is 1. The maximum atomic E-state index is 5.13. The average Bonchev–Trinajstić information content (AvgIpc) is 2.74. The summed E-state index contributed by atoms with van der Waals surface area (Å²) in [6.07, 6.45) is 3.89. The third-order valence-electron chi connectivity index (χ3n) is 2.92. The molecule has 0 aliphatic heterocycles. The highest BCUT2D eigenvalue weighted by molar-refractivity contribution is 5.74. The van der Waals surface area contributed by atoms with Crippen molar-refractivity contribution in [1.82, 2.24) is 9.78 Å². The van der Waals surface area contributed by atoms with E-state index in [1.807, 2.05) is 61.1 Å². The molecule has 0 saturated heterocycles. The van der Waals surface area contributed by atoms with E-state index in [-0.39, 0.29) is 0 Å². The van der Waals surface area contributed by atoms with E-state index in [2.05, 4.69) is 11.7 Å². The van der Waals surface area contributed by atoms with Crippen molar-refractivity contribution in [2.24, 2.45) is 0 Å². The van der Waals surface area contributed by atoms with Crippen LogP contribution >= 0.6 is 0 Å². The van der Waals surface area contributed by atoms with Crippen molar-refractivity contribution in [3.8, 4) is 5.75 Å². The molecule has 0 aliphatic carbocycles. The molecule has 3 nitrogen and oxygen atoms in total. The lowest BCUT2D eigenvalue weighted by Gasteiger charge is -2.03. The van der Waals surface area contributed by atoms with E-state index >= 15 is 0 Å². The molecule has 1 aromatic heterocycles. The number of nitrogens with zero attached hydrogens (tertiary/aromatic N) is 2. The molecule has 1 heterocycles. The summed E-state index contributed by atoms with van der Waals surface area (Å²) >= 11 is 0. The van der Waals surface area contributed by atoms with Gasteiger partial charge in [0.05, 0.1) is 12.8 Å². The predicted octanol–water partition coefficient (Wildman–Crippen LogP) is 3.69. The van der Waals surface area contributed by atoms with Gasteiger partial charge in [0, 0.05) is 11.9 Å². The van der Waals surface area contributed by atoms with Crippen molar-refractivity contribution < 1.29 is 4.74 Å². The van der Waals surface area contributed by atoms with Gasteiger partial charge in [0.2, 0.25) is 0 Å². The first kappa shape index (κ1) is 13.1. The summed E-state index contributed by atoms with van der Waals surface area (Å²) in [5.41, 5.74) is 4.13. The Bertz CT molecular complexity index is 606. The molecule has 0 fully saturated rings. The lowest BCUT2D eigenvalue weighted by Crippen LogP contribution is -1.92. The summed E-state index contributed by atoms with van der Waals surface area (Å²) < 4.78 is 6.99. The molecule has 0 amide bonds. The zero-order chi connectivity index (χ0) is 13.8. The zero-order valence-corrected chi connectivity index (χ0v) is 11.6. The molecule has 0 aliphatic rings. The van der Waals surface area contributed by atoms with Gasteiger partial charge in [-0.1, -0.05) is 18.7 Å². The highest BCUT2D eigenvalue weighted by atomic mass is 16.5. The van der Waals surface area contributed by atoms with Gasteiger partial charge in [0.15, 0.2) is 0 Å². The fraction of sp³-hybridized carbons (Fsp3) is 0.188. The third-order valence-corrected chi connectivity index (χ3v) is 2.92. The summed E-state index contributed by atoms with van der Waals surface area (Å²) in [4.78, 5) is 0. The number of aromatic nitrogens is 2. The first-order valence-electron chi connectivity index (χ1n) is 6.14. The molecular formula is C16H18N2O. The lowest BCUT2D eigenvalue weighted by atomic mass is 10.1. The van der Waals surface area contributed by atoms with E-state index in [1.165, 1.54) is 0 Å². The Morgan fingerprint density at radius 3 is 2.47 bits per heavy atom. The third kappa shape index (κ3) is 3.13. The van der Waals surface area contributed by atoms with Crippen molar-refractivity contribution in [2.75, 3.05) is 7.11 Å². The number of hydrogen-bond acceptors (Lipinski definition) is 2. The van der Waals surface area contributed by atoms with Gasteiger partial charge in [-0.15, -0.1) is 0 Å². The van der Waals surface area contributed by atoms with Gasteiger partial charge in [-0.25, -0.2) is 4.68 Å². The fourth-order valence-corrected chi connectivity index (χ4v) is 1.86. The van der Waals surface area contributed by atoms with Crippen molar-refractivity contribution in [3.05, 3.63) is 59.9 Å². The van der Waals surface area contributed by atoms with Crippen LogP contribution in [0.4, 0.5) is 0 Å². The van der Waals surface area contributed by atoms with Gasteiger partial charge in [0.1, 0.15) is 5.75 Å². The van der Waals surface area contributed by atoms with Crippen LogP contribution in [0.5, 0.6) is 5.75 Å². The second kappa shape index (κ2) is 5.57. The molecule has 19 heavy (non-hydrogen) atoms. The maximum absolute atomic E-state index is 5.13. The molecule has 0 atom stereocenters. The Morgan fingerprint density at radius 1 is 1.26 bits per heavy atom. The van der Waals surface area contributed by atoms with Crippen LogP contribution in [0.25, 0.3) is 11.8 Å². The molecule has 0 saturated carbocycles. The summed E-state index contributed by atoms with van der Waals surface area (Å²) in [7, 11) is 1.66. The Morgan fingerprint density at radius 2 is 1.95 bits per heavy atom. The largest absolute Gasteiger partial charge is 0.497 e. The minimum absolute atomic E-state index is 0.846. The molecular weight excluding hydrogens is 236 g/mol. The van der Waals surface area contributed by atoms with Crippen molar-refractivity contribution in [3.63, 3.8) is 0 Å². The predicted molar refractivity (Wildman–Crippen MR) is 79.1 cm³/mol. The highest BCUT2D eigenvalue weighted by Crippen LogP contribution is 2.18. The summed E-state index contributed by atoms with van der Waals surface area (Å²) in [6, 6.07) is 9.88. The van der Waals surface area contributed by atoms with Crippen LogP contribution in [0.1, 0.15) is 17.0 Å². The first-order valence-corrected chi connectivity index (χ1v) is 6.14. The van der Waals surface area contributed by atoms with Crippen LogP contribution in [0.3, 0.4) is 0 Å². The quantitative estimate of drug-likeness (QED) is 0.778. The van der Waals surface area contributed by atoms with Gasteiger partial charge in [0.25, 0.3) is 0 Å². The minimum Gasteiger partial charge on any atom is -0.497 e. The number of hydrogen-bond donors (Lipinski definition) is 0. The van der Waals surface area contributed by atoms with Crippen molar-refractivity contribution >= 4 is 11.8 Å². The van der Waals surface area contributed by atoms with E-state index < -0.39 is 0 Å². The fourth-order valence-electron chi connectivity index (χ4n) is 1.86. The summed E-state index contributed by atoms with van der Waals surface area (Å²) in [5.74, 6) is 0.846. The molecule has 0 radical (unpaired) electrons. The maximum Gasteiger partial charge on any atom is 0.118 e. The van der Waals surface area contributed by atoms with Crippen LogP contribution in [0.2, 0.25) is 0 Å². The SMILES string of the molecule is C=C(/C=C\n1nc(C)cc1C)c1ccc(OC)cc1. The van der Waals surface area contributed by atoms with E-state index in [0.29, 0.717) is 0 Å². The van der Waals surface area contributed by atoms with Crippen LogP contribution in [-0.4, -0.2) is 16.9 Å². The molecule has 1 aromatic carbocycles.